The van der Waals surface area contributed by atoms with Gasteiger partial charge in [0.25, 0.3) is 0 Å². The summed E-state index contributed by atoms with van der Waals surface area (Å²) >= 11 is 5.32. The molecule has 4 nitrogen and oxygen atoms in total. The highest BCUT2D eigenvalue weighted by molar-refractivity contribution is 7.91. The Labute approximate surface area is 118 Å². The quantitative estimate of drug-likeness (QED) is 0.442. The van der Waals surface area contributed by atoms with Gasteiger partial charge < -0.3 is 4.84 Å². The predicted octanol–water partition coefficient (Wildman–Crippen LogP) is 3.00. The molecule has 6 heteroatoms. The summed E-state index contributed by atoms with van der Waals surface area (Å²) in [5.41, 5.74) is 1.97. The number of hydrogen-bond acceptors (Lipinski definition) is 4. The number of hydrogen-bond donors (Lipinski definition) is 0. The average Bonchev–Trinajstić information content (AvgIpc) is 2.42. The fourth-order valence-corrected chi connectivity index (χ4v) is 2.74. The van der Waals surface area contributed by atoms with E-state index in [-0.39, 0.29) is 12.4 Å². The van der Waals surface area contributed by atoms with E-state index in [4.69, 9.17) is 16.4 Å². The van der Waals surface area contributed by atoms with Crippen molar-refractivity contribution in [3.05, 3.63) is 41.9 Å². The third kappa shape index (κ3) is 5.89. The molecule has 104 valence electrons. The molecule has 0 unspecified atom stereocenters. The van der Waals surface area contributed by atoms with Gasteiger partial charge in [-0.25, -0.2) is 8.42 Å². The first kappa shape index (κ1) is 15.7. The third-order valence-corrected chi connectivity index (χ3v) is 4.23. The van der Waals surface area contributed by atoms with E-state index >= 15 is 0 Å². The number of halogens is 1. The number of rotatable bonds is 7. The molecule has 0 heterocycles. The fraction of sp³-hybridized carbons (Fsp3) is 0.308. The lowest BCUT2D eigenvalue weighted by molar-refractivity contribution is 0.174. The van der Waals surface area contributed by atoms with E-state index in [0.717, 1.165) is 0 Å². The van der Waals surface area contributed by atoms with E-state index in [1.807, 2.05) is 0 Å². The maximum absolute atomic E-state index is 12.0. The van der Waals surface area contributed by atoms with Gasteiger partial charge in [-0.15, -0.1) is 0 Å². The van der Waals surface area contributed by atoms with Gasteiger partial charge in [-0.05, 0) is 25.1 Å². The molecule has 1 aromatic rings. The minimum Gasteiger partial charge on any atom is -0.392 e. The predicted molar refractivity (Wildman–Crippen MR) is 77.2 cm³/mol. The molecule has 0 radical (unpaired) electrons. The van der Waals surface area contributed by atoms with Crippen molar-refractivity contribution in [2.75, 3.05) is 12.4 Å². The van der Waals surface area contributed by atoms with Crippen molar-refractivity contribution >= 4 is 27.1 Å². The van der Waals surface area contributed by atoms with Gasteiger partial charge in [-0.2, -0.15) is 0 Å². The number of oxime groups is 1. The molecule has 1 aromatic carbocycles. The zero-order valence-corrected chi connectivity index (χ0v) is 12.2. The van der Waals surface area contributed by atoms with Crippen LogP contribution in [0.1, 0.15) is 13.3 Å². The molecule has 19 heavy (non-hydrogen) atoms. The highest BCUT2D eigenvalue weighted by Crippen LogP contribution is 2.11. The summed E-state index contributed by atoms with van der Waals surface area (Å²) in [6, 6.07) is 8.36. The van der Waals surface area contributed by atoms with Gasteiger partial charge in [-0.3, -0.25) is 0 Å². The maximum atomic E-state index is 12.0. The molecule has 0 amide bonds. The molecule has 0 fully saturated rings. The van der Waals surface area contributed by atoms with E-state index in [1.165, 1.54) is 5.54 Å². The molecule has 0 bridgehead atoms. The molecule has 0 aromatic heterocycles. The molecule has 0 spiro atoms. The summed E-state index contributed by atoms with van der Waals surface area (Å²) in [6.07, 6.45) is 1.93. The van der Waals surface area contributed by atoms with E-state index in [1.54, 1.807) is 43.3 Å². The first-order valence-corrected chi connectivity index (χ1v) is 7.83. The zero-order chi connectivity index (χ0) is 14.1. The Morgan fingerprint density at radius 1 is 1.37 bits per heavy atom. The van der Waals surface area contributed by atoms with Crippen molar-refractivity contribution < 1.29 is 13.3 Å². The zero-order valence-electron chi connectivity index (χ0n) is 10.6. The standard InChI is InChI=1S/C13H16ClNO3S/c1-12(15-18-10-5-9-14)8-11-19(16,17)13-6-3-2-4-7-13/h2-7,9H,8,10-11H2,1H3/b9-5+,15-12+. The lowest BCUT2D eigenvalue weighted by Crippen LogP contribution is -2.10. The summed E-state index contributed by atoms with van der Waals surface area (Å²) in [4.78, 5) is 5.26. The van der Waals surface area contributed by atoms with E-state index < -0.39 is 9.84 Å². The van der Waals surface area contributed by atoms with Crippen LogP contribution < -0.4 is 0 Å². The lowest BCUT2D eigenvalue weighted by atomic mass is 10.3. The van der Waals surface area contributed by atoms with Crippen LogP contribution in [0.3, 0.4) is 0 Å². The van der Waals surface area contributed by atoms with Gasteiger partial charge in [0, 0.05) is 12.0 Å². The van der Waals surface area contributed by atoms with Gasteiger partial charge in [0.15, 0.2) is 9.84 Å². The normalized spacial score (nSPS) is 12.8. The smallest absolute Gasteiger partial charge is 0.178 e. The largest absolute Gasteiger partial charge is 0.392 e. The second-order valence-corrected chi connectivity index (χ2v) is 6.23. The summed E-state index contributed by atoms with van der Waals surface area (Å²) in [6.45, 7) is 2.00. The second kappa shape index (κ2) is 7.96. The summed E-state index contributed by atoms with van der Waals surface area (Å²) in [5.74, 6) is 0.0149. The average molecular weight is 302 g/mol. The monoisotopic (exact) mass is 301 g/mol. The Morgan fingerprint density at radius 3 is 2.68 bits per heavy atom. The first-order valence-electron chi connectivity index (χ1n) is 5.75. The van der Waals surface area contributed by atoms with Crippen LogP contribution in [-0.4, -0.2) is 26.5 Å². The molecule has 0 atom stereocenters. The third-order valence-electron chi connectivity index (χ3n) is 2.32. The molecular formula is C13H16ClNO3S. The van der Waals surface area contributed by atoms with Gasteiger partial charge in [-0.1, -0.05) is 35.0 Å². The van der Waals surface area contributed by atoms with Crippen LogP contribution in [0, 0.1) is 0 Å². The Kier molecular flexibility index (Phi) is 6.59. The van der Waals surface area contributed by atoms with Crippen LogP contribution in [0.15, 0.2) is 52.0 Å². The van der Waals surface area contributed by atoms with Gasteiger partial charge >= 0.3 is 0 Å². The van der Waals surface area contributed by atoms with Crippen LogP contribution in [0.25, 0.3) is 0 Å². The molecule has 0 N–H and O–H groups in total. The van der Waals surface area contributed by atoms with Crippen molar-refractivity contribution in [2.24, 2.45) is 5.16 Å². The van der Waals surface area contributed by atoms with Crippen LogP contribution in [0.2, 0.25) is 0 Å². The molecule has 0 aliphatic heterocycles. The van der Waals surface area contributed by atoms with Crippen molar-refractivity contribution in [2.45, 2.75) is 18.2 Å². The maximum Gasteiger partial charge on any atom is 0.178 e. The number of nitrogens with zero attached hydrogens (tertiary/aromatic N) is 1. The van der Waals surface area contributed by atoms with E-state index in [0.29, 0.717) is 17.0 Å². The van der Waals surface area contributed by atoms with Crippen molar-refractivity contribution in [1.82, 2.24) is 0 Å². The minimum atomic E-state index is -3.26. The van der Waals surface area contributed by atoms with E-state index in [9.17, 15) is 8.42 Å². The Hall–Kier alpha value is -1.33. The van der Waals surface area contributed by atoms with Crippen molar-refractivity contribution in [3.8, 4) is 0 Å². The van der Waals surface area contributed by atoms with Crippen molar-refractivity contribution in [1.29, 1.82) is 0 Å². The molecule has 0 aliphatic carbocycles. The lowest BCUT2D eigenvalue weighted by Gasteiger charge is -2.04. The molecular weight excluding hydrogens is 286 g/mol. The van der Waals surface area contributed by atoms with Gasteiger partial charge in [0.05, 0.1) is 16.4 Å². The molecule has 0 saturated carbocycles. The van der Waals surface area contributed by atoms with Crippen LogP contribution in [0.5, 0.6) is 0 Å². The summed E-state index contributed by atoms with van der Waals surface area (Å²) in [7, 11) is -3.26. The SMILES string of the molecule is C/C(CCS(=O)(=O)c1ccccc1)=N\OC/C=C/Cl. The summed E-state index contributed by atoms with van der Waals surface area (Å²) in [5, 5.41) is 3.80. The topological polar surface area (TPSA) is 55.7 Å². The van der Waals surface area contributed by atoms with Crippen LogP contribution in [0.4, 0.5) is 0 Å². The van der Waals surface area contributed by atoms with Crippen LogP contribution >= 0.6 is 11.6 Å². The highest BCUT2D eigenvalue weighted by Gasteiger charge is 2.13. The summed E-state index contributed by atoms with van der Waals surface area (Å²) < 4.78 is 24.0. The number of benzene rings is 1. The second-order valence-electron chi connectivity index (χ2n) is 3.87. The molecule has 1 rings (SSSR count). The minimum absolute atomic E-state index is 0.0149. The first-order chi connectivity index (χ1) is 9.06. The Balaban J connectivity index is 2.52. The molecule has 0 saturated heterocycles. The Morgan fingerprint density at radius 2 is 2.05 bits per heavy atom. The highest BCUT2D eigenvalue weighted by atomic mass is 35.5. The van der Waals surface area contributed by atoms with Crippen molar-refractivity contribution in [3.63, 3.8) is 0 Å². The van der Waals surface area contributed by atoms with Crippen LogP contribution in [-0.2, 0) is 14.7 Å². The van der Waals surface area contributed by atoms with E-state index in [2.05, 4.69) is 5.16 Å². The van der Waals surface area contributed by atoms with Gasteiger partial charge in [0.1, 0.15) is 6.61 Å². The molecule has 0 aliphatic rings. The number of sulfone groups is 1. The Bertz CT molecular complexity index is 538. The van der Waals surface area contributed by atoms with Gasteiger partial charge in [0.2, 0.25) is 0 Å². The fourth-order valence-electron chi connectivity index (χ4n) is 1.30.